The molecule has 0 saturated carbocycles. The highest BCUT2D eigenvalue weighted by molar-refractivity contribution is 5.74. The highest BCUT2D eigenvalue weighted by Crippen LogP contribution is 2.28. The first-order valence-corrected chi connectivity index (χ1v) is 7.02. The van der Waals surface area contributed by atoms with Crippen molar-refractivity contribution >= 4 is 11.7 Å². The van der Waals surface area contributed by atoms with Crippen LogP contribution < -0.4 is 4.90 Å². The molecule has 0 aromatic heterocycles. The lowest BCUT2D eigenvalue weighted by atomic mass is 10.0. The molecule has 1 atom stereocenters. The maximum absolute atomic E-state index is 11.8. The summed E-state index contributed by atoms with van der Waals surface area (Å²) in [6, 6.07) is 4.44. The zero-order chi connectivity index (χ0) is 14.0. The van der Waals surface area contributed by atoms with E-state index in [1.807, 2.05) is 6.92 Å². The monoisotopic (exact) mass is 261 g/mol. The second-order valence-corrected chi connectivity index (χ2v) is 5.39. The molecule has 0 spiro atoms. The Balaban J connectivity index is 2.11. The molecule has 1 unspecified atom stereocenters. The molecule has 104 valence electrons. The Morgan fingerprint density at radius 2 is 1.95 bits per heavy atom. The minimum Gasteiger partial charge on any atom is -0.466 e. The maximum Gasteiger partial charge on any atom is 0.310 e. The van der Waals surface area contributed by atoms with E-state index in [0.29, 0.717) is 6.61 Å². The Morgan fingerprint density at radius 1 is 1.32 bits per heavy atom. The Bertz CT molecular complexity index is 459. The zero-order valence-corrected chi connectivity index (χ0v) is 12.3. The van der Waals surface area contributed by atoms with Crippen LogP contribution in [0.25, 0.3) is 0 Å². The number of benzene rings is 1. The molecular weight excluding hydrogens is 238 g/mol. The van der Waals surface area contributed by atoms with E-state index in [-0.39, 0.29) is 11.9 Å². The number of rotatable bonds is 3. The molecule has 0 N–H and O–H groups in total. The predicted octanol–water partition coefficient (Wildman–Crippen LogP) is 3.00. The smallest absolute Gasteiger partial charge is 0.310 e. The van der Waals surface area contributed by atoms with Crippen LogP contribution >= 0.6 is 0 Å². The van der Waals surface area contributed by atoms with Gasteiger partial charge in [0.05, 0.1) is 12.5 Å². The molecule has 1 aliphatic rings. The van der Waals surface area contributed by atoms with E-state index in [2.05, 4.69) is 37.8 Å². The van der Waals surface area contributed by atoms with Crippen LogP contribution in [0.2, 0.25) is 0 Å². The number of carbonyl (C=O) groups is 1. The third-order valence-corrected chi connectivity index (χ3v) is 4.09. The number of anilines is 1. The first-order valence-electron chi connectivity index (χ1n) is 7.02. The van der Waals surface area contributed by atoms with Gasteiger partial charge in [-0.15, -0.1) is 0 Å². The molecule has 1 fully saturated rings. The highest BCUT2D eigenvalue weighted by atomic mass is 16.5. The number of aryl methyl sites for hydroxylation is 2. The van der Waals surface area contributed by atoms with Gasteiger partial charge in [-0.05, 0) is 62.9 Å². The van der Waals surface area contributed by atoms with Gasteiger partial charge in [0.2, 0.25) is 0 Å². The van der Waals surface area contributed by atoms with Gasteiger partial charge in [-0.1, -0.05) is 0 Å². The van der Waals surface area contributed by atoms with Crippen molar-refractivity contribution in [2.24, 2.45) is 5.92 Å². The summed E-state index contributed by atoms with van der Waals surface area (Å²) >= 11 is 0. The van der Waals surface area contributed by atoms with E-state index in [0.717, 1.165) is 19.5 Å². The first kappa shape index (κ1) is 13.9. The Kier molecular flexibility index (Phi) is 4.13. The molecule has 3 nitrogen and oxygen atoms in total. The van der Waals surface area contributed by atoms with Crippen molar-refractivity contribution in [1.29, 1.82) is 0 Å². The molecule has 1 aromatic rings. The largest absolute Gasteiger partial charge is 0.466 e. The lowest BCUT2D eigenvalue weighted by Crippen LogP contribution is -2.24. The number of hydrogen-bond acceptors (Lipinski definition) is 3. The van der Waals surface area contributed by atoms with Crippen LogP contribution in [0.3, 0.4) is 0 Å². The van der Waals surface area contributed by atoms with E-state index < -0.39 is 0 Å². The minimum atomic E-state index is -0.0504. The van der Waals surface area contributed by atoms with Crippen LogP contribution in [0, 0.1) is 26.7 Å². The summed E-state index contributed by atoms with van der Waals surface area (Å²) in [5.41, 5.74) is 5.21. The number of carbonyl (C=O) groups excluding carboxylic acids is 1. The normalized spacial score (nSPS) is 18.7. The molecular formula is C16H23NO2. The molecule has 0 bridgehead atoms. The van der Waals surface area contributed by atoms with Gasteiger partial charge in [0.25, 0.3) is 0 Å². The van der Waals surface area contributed by atoms with Gasteiger partial charge in [-0.2, -0.15) is 0 Å². The Morgan fingerprint density at radius 3 is 2.53 bits per heavy atom. The minimum absolute atomic E-state index is 0.0295. The van der Waals surface area contributed by atoms with Crippen LogP contribution in [0.5, 0.6) is 0 Å². The quantitative estimate of drug-likeness (QED) is 0.783. The summed E-state index contributed by atoms with van der Waals surface area (Å²) in [4.78, 5) is 14.1. The molecule has 19 heavy (non-hydrogen) atoms. The number of ether oxygens (including phenoxy) is 1. The van der Waals surface area contributed by atoms with Crippen LogP contribution in [0.4, 0.5) is 5.69 Å². The summed E-state index contributed by atoms with van der Waals surface area (Å²) < 4.78 is 5.11. The maximum atomic E-state index is 11.8. The van der Waals surface area contributed by atoms with Crippen molar-refractivity contribution in [3.63, 3.8) is 0 Å². The fourth-order valence-electron chi connectivity index (χ4n) is 2.64. The fraction of sp³-hybridized carbons (Fsp3) is 0.562. The predicted molar refractivity (Wildman–Crippen MR) is 77.6 cm³/mol. The number of nitrogens with zero attached hydrogens (tertiary/aromatic N) is 1. The topological polar surface area (TPSA) is 29.5 Å². The van der Waals surface area contributed by atoms with Crippen molar-refractivity contribution in [3.8, 4) is 0 Å². The molecule has 3 heteroatoms. The summed E-state index contributed by atoms with van der Waals surface area (Å²) in [6.07, 6.45) is 0.894. The summed E-state index contributed by atoms with van der Waals surface area (Å²) in [6.45, 7) is 10.5. The van der Waals surface area contributed by atoms with Gasteiger partial charge in [-0.25, -0.2) is 0 Å². The van der Waals surface area contributed by atoms with Crippen LogP contribution in [0.15, 0.2) is 12.1 Å². The highest BCUT2D eigenvalue weighted by Gasteiger charge is 2.29. The molecule has 1 saturated heterocycles. The average Bonchev–Trinajstić information content (AvgIpc) is 2.85. The SMILES string of the molecule is CCOC(=O)C1CCN(c2cc(C)c(C)c(C)c2)C1. The number of esters is 1. The molecule has 1 heterocycles. The van der Waals surface area contributed by atoms with E-state index >= 15 is 0 Å². The van der Waals surface area contributed by atoms with Gasteiger partial charge in [0, 0.05) is 18.8 Å². The molecule has 0 amide bonds. The van der Waals surface area contributed by atoms with Gasteiger partial charge in [0.1, 0.15) is 0 Å². The van der Waals surface area contributed by atoms with E-state index in [1.165, 1.54) is 22.4 Å². The van der Waals surface area contributed by atoms with Crippen molar-refractivity contribution in [1.82, 2.24) is 0 Å². The van der Waals surface area contributed by atoms with E-state index in [4.69, 9.17) is 4.74 Å². The second kappa shape index (κ2) is 5.64. The zero-order valence-electron chi connectivity index (χ0n) is 12.3. The second-order valence-electron chi connectivity index (χ2n) is 5.39. The van der Waals surface area contributed by atoms with Crippen LogP contribution in [-0.2, 0) is 9.53 Å². The molecule has 0 aliphatic carbocycles. The number of hydrogen-bond donors (Lipinski definition) is 0. The Hall–Kier alpha value is -1.51. The van der Waals surface area contributed by atoms with Gasteiger partial charge < -0.3 is 9.64 Å². The lowest BCUT2D eigenvalue weighted by molar-refractivity contribution is -0.147. The molecule has 2 rings (SSSR count). The average molecular weight is 261 g/mol. The standard InChI is InChI=1S/C16H23NO2/c1-5-19-16(18)14-6-7-17(10-14)15-8-11(2)13(4)12(3)9-15/h8-9,14H,5-7,10H2,1-4H3. The van der Waals surface area contributed by atoms with Crippen molar-refractivity contribution in [3.05, 3.63) is 28.8 Å². The molecule has 1 aromatic carbocycles. The van der Waals surface area contributed by atoms with Gasteiger partial charge in [-0.3, -0.25) is 4.79 Å². The van der Waals surface area contributed by atoms with Crippen LogP contribution in [0.1, 0.15) is 30.0 Å². The third kappa shape index (κ3) is 2.91. The van der Waals surface area contributed by atoms with Crippen molar-refractivity contribution in [2.75, 3.05) is 24.6 Å². The van der Waals surface area contributed by atoms with E-state index in [1.54, 1.807) is 0 Å². The lowest BCUT2D eigenvalue weighted by Gasteiger charge is -2.20. The van der Waals surface area contributed by atoms with Gasteiger partial charge >= 0.3 is 5.97 Å². The summed E-state index contributed by atoms with van der Waals surface area (Å²) in [5.74, 6) is -0.0209. The fourth-order valence-corrected chi connectivity index (χ4v) is 2.64. The molecule has 0 radical (unpaired) electrons. The first-order chi connectivity index (χ1) is 9.02. The van der Waals surface area contributed by atoms with Gasteiger partial charge in [0.15, 0.2) is 0 Å². The van der Waals surface area contributed by atoms with Crippen LogP contribution in [-0.4, -0.2) is 25.7 Å². The third-order valence-electron chi connectivity index (χ3n) is 4.09. The van der Waals surface area contributed by atoms with Crippen molar-refractivity contribution < 1.29 is 9.53 Å². The summed E-state index contributed by atoms with van der Waals surface area (Å²) in [5, 5.41) is 0. The Labute approximate surface area is 115 Å². The summed E-state index contributed by atoms with van der Waals surface area (Å²) in [7, 11) is 0. The molecule has 1 aliphatic heterocycles. The van der Waals surface area contributed by atoms with Crippen molar-refractivity contribution in [2.45, 2.75) is 34.1 Å². The van der Waals surface area contributed by atoms with E-state index in [9.17, 15) is 4.79 Å².